The fourth-order valence-electron chi connectivity index (χ4n) is 4.31. The van der Waals surface area contributed by atoms with Crippen molar-refractivity contribution in [1.82, 2.24) is 5.43 Å². The van der Waals surface area contributed by atoms with Gasteiger partial charge in [0, 0.05) is 35.8 Å². The molecule has 210 valence electrons. The number of aliphatic hydroxyl groups is 2. The number of hydrazone groups is 1. The van der Waals surface area contributed by atoms with Crippen molar-refractivity contribution in [3.8, 4) is 0 Å². The van der Waals surface area contributed by atoms with Crippen LogP contribution in [0.25, 0.3) is 0 Å². The van der Waals surface area contributed by atoms with Crippen LogP contribution >= 0.6 is 11.8 Å². The lowest BCUT2D eigenvalue weighted by molar-refractivity contribution is 0.0956. The van der Waals surface area contributed by atoms with Crippen molar-refractivity contribution in [2.24, 2.45) is 5.10 Å². The molecular weight excluding hydrogens is 531 g/mol. The lowest BCUT2D eigenvalue weighted by Crippen LogP contribution is -2.30. The van der Waals surface area contributed by atoms with Gasteiger partial charge in [-0.3, -0.25) is 9.59 Å². The number of thioether (sulfide) groups is 1. The number of aliphatic hydroxyl groups excluding tert-OH is 2. The maximum absolute atomic E-state index is 13.2. The largest absolute Gasteiger partial charge is 0.394 e. The fraction of sp³-hybridized carbons (Fsp3) is 0.300. The third kappa shape index (κ3) is 8.38. The lowest BCUT2D eigenvalue weighted by Gasteiger charge is -2.29. The van der Waals surface area contributed by atoms with Gasteiger partial charge in [-0.05, 0) is 72.9 Å². The van der Waals surface area contributed by atoms with E-state index in [1.807, 2.05) is 12.1 Å². The van der Waals surface area contributed by atoms with E-state index in [0.29, 0.717) is 28.3 Å². The van der Waals surface area contributed by atoms with Gasteiger partial charge < -0.3 is 20.4 Å². The quantitative estimate of drug-likeness (QED) is 0.203. The molecule has 0 spiro atoms. The molecule has 4 rings (SSSR count). The van der Waals surface area contributed by atoms with Crippen LogP contribution in [-0.2, 0) is 5.75 Å². The molecule has 0 aromatic heterocycles. The Morgan fingerprint density at radius 3 is 2.55 bits per heavy atom. The summed E-state index contributed by atoms with van der Waals surface area (Å²) in [5.74, 6) is -0.251. The fourth-order valence-corrected chi connectivity index (χ4v) is 5.23. The average molecular weight is 565 g/mol. The molecule has 8 nitrogen and oxygen atoms in total. The summed E-state index contributed by atoms with van der Waals surface area (Å²) in [7, 11) is 0. The number of anilines is 2. The monoisotopic (exact) mass is 564 g/mol. The maximum atomic E-state index is 13.2. The van der Waals surface area contributed by atoms with Gasteiger partial charge in [0.1, 0.15) is 5.82 Å². The summed E-state index contributed by atoms with van der Waals surface area (Å²) >= 11 is 1.46. The molecule has 1 aliphatic heterocycles. The molecule has 10 heteroatoms. The minimum atomic E-state index is -0.783. The van der Waals surface area contributed by atoms with Crippen LogP contribution in [0.15, 0.2) is 71.8 Å². The van der Waals surface area contributed by atoms with E-state index < -0.39 is 12.0 Å². The number of hydrogen-bond acceptors (Lipinski definition) is 7. The number of hydrogen-bond donors (Lipinski definition) is 4. The van der Waals surface area contributed by atoms with Crippen LogP contribution in [0.2, 0.25) is 0 Å². The number of rotatable bonds is 11. The molecule has 40 heavy (non-hydrogen) atoms. The molecule has 0 aliphatic carbocycles. The van der Waals surface area contributed by atoms with E-state index in [1.54, 1.807) is 42.5 Å². The number of piperidine rings is 1. The second kappa shape index (κ2) is 14.6. The van der Waals surface area contributed by atoms with Crippen LogP contribution < -0.4 is 15.6 Å². The van der Waals surface area contributed by atoms with E-state index >= 15 is 0 Å². The highest BCUT2D eigenvalue weighted by Gasteiger charge is 2.19. The van der Waals surface area contributed by atoms with E-state index in [-0.39, 0.29) is 23.9 Å². The Kier molecular flexibility index (Phi) is 10.7. The predicted molar refractivity (Wildman–Crippen MR) is 158 cm³/mol. The predicted octanol–water partition coefficient (Wildman–Crippen LogP) is 4.42. The number of nitrogens with one attached hydrogen (secondary N) is 2. The van der Waals surface area contributed by atoms with Gasteiger partial charge in [0.05, 0.1) is 30.2 Å². The summed E-state index contributed by atoms with van der Waals surface area (Å²) in [5.41, 5.74) is 6.00. The van der Waals surface area contributed by atoms with Gasteiger partial charge >= 0.3 is 0 Å². The Labute approximate surface area is 237 Å². The SMILES string of the molecule is O=C(Nc1ccc(N2CCCCC2)cc1C(=O)NN=Cc1ccc(F)cc1)c1cccc(CSCC(O)CO)c1. The lowest BCUT2D eigenvalue weighted by atomic mass is 10.1. The van der Waals surface area contributed by atoms with Crippen LogP contribution in [0, 0.1) is 5.82 Å². The zero-order chi connectivity index (χ0) is 28.3. The van der Waals surface area contributed by atoms with Crippen molar-refractivity contribution in [3.63, 3.8) is 0 Å². The first-order valence-corrected chi connectivity index (χ1v) is 14.3. The smallest absolute Gasteiger partial charge is 0.273 e. The minimum absolute atomic E-state index is 0.275. The second-order valence-corrected chi connectivity index (χ2v) is 10.6. The molecule has 4 N–H and O–H groups in total. The molecule has 1 atom stereocenters. The Morgan fingerprint density at radius 2 is 1.80 bits per heavy atom. The van der Waals surface area contributed by atoms with Crippen LogP contribution in [0.4, 0.5) is 15.8 Å². The van der Waals surface area contributed by atoms with E-state index in [4.69, 9.17) is 5.11 Å². The molecule has 1 unspecified atom stereocenters. The molecule has 1 aliphatic rings. The zero-order valence-electron chi connectivity index (χ0n) is 22.1. The van der Waals surface area contributed by atoms with Crippen molar-refractivity contribution in [2.75, 3.05) is 35.7 Å². The molecular formula is C30H33FN4O4S. The van der Waals surface area contributed by atoms with Gasteiger partial charge in [0.2, 0.25) is 0 Å². The molecule has 0 bridgehead atoms. The molecule has 1 saturated heterocycles. The van der Waals surface area contributed by atoms with E-state index in [0.717, 1.165) is 37.2 Å². The molecule has 3 aromatic rings. The standard InChI is InChI=1S/C30H33FN4O4S/c31-24-9-7-21(8-10-24)17-32-34-30(39)27-16-25(35-13-2-1-3-14-35)11-12-28(27)33-29(38)23-6-4-5-22(15-23)19-40-20-26(37)18-36/h4-12,15-17,26,36-37H,1-3,13-14,18-20H2,(H,33,38)(H,34,39). The van der Waals surface area contributed by atoms with Crippen molar-refractivity contribution < 1.29 is 24.2 Å². The highest BCUT2D eigenvalue weighted by molar-refractivity contribution is 7.98. The van der Waals surface area contributed by atoms with E-state index in [9.17, 15) is 19.1 Å². The summed E-state index contributed by atoms with van der Waals surface area (Å²) in [6, 6.07) is 18.3. The molecule has 0 radical (unpaired) electrons. The van der Waals surface area contributed by atoms with Crippen molar-refractivity contribution in [3.05, 3.63) is 94.8 Å². The first-order valence-electron chi connectivity index (χ1n) is 13.2. The third-order valence-corrected chi connectivity index (χ3v) is 7.60. The number of nitrogens with zero attached hydrogens (tertiary/aromatic N) is 2. The number of benzene rings is 3. The first kappa shape index (κ1) is 29.3. The van der Waals surface area contributed by atoms with Gasteiger partial charge in [-0.15, -0.1) is 0 Å². The molecule has 0 saturated carbocycles. The number of halogens is 1. The Balaban J connectivity index is 1.51. The van der Waals surface area contributed by atoms with Crippen LogP contribution in [0.3, 0.4) is 0 Å². The normalized spacial score (nSPS) is 14.2. The topological polar surface area (TPSA) is 114 Å². The number of carbonyl (C=O) groups is 2. The number of amides is 2. The maximum Gasteiger partial charge on any atom is 0.273 e. The summed E-state index contributed by atoms with van der Waals surface area (Å²) in [4.78, 5) is 28.6. The van der Waals surface area contributed by atoms with Gasteiger partial charge in [-0.1, -0.05) is 24.3 Å². The second-order valence-electron chi connectivity index (χ2n) is 9.53. The van der Waals surface area contributed by atoms with Crippen LogP contribution in [0.5, 0.6) is 0 Å². The highest BCUT2D eigenvalue weighted by atomic mass is 32.2. The molecule has 3 aromatic carbocycles. The van der Waals surface area contributed by atoms with Crippen LogP contribution in [-0.4, -0.2) is 59.8 Å². The van der Waals surface area contributed by atoms with E-state index in [2.05, 4.69) is 20.7 Å². The summed E-state index contributed by atoms with van der Waals surface area (Å²) < 4.78 is 13.2. The van der Waals surface area contributed by atoms with Crippen LogP contribution in [0.1, 0.15) is 51.1 Å². The average Bonchev–Trinajstić information content (AvgIpc) is 2.98. The van der Waals surface area contributed by atoms with E-state index in [1.165, 1.54) is 36.5 Å². The summed E-state index contributed by atoms with van der Waals surface area (Å²) in [5, 5.41) is 25.4. The van der Waals surface area contributed by atoms with Crippen molar-refractivity contribution >= 4 is 41.2 Å². The summed E-state index contributed by atoms with van der Waals surface area (Å²) in [6.45, 7) is 1.50. The third-order valence-electron chi connectivity index (χ3n) is 6.45. The molecule has 2 amide bonds. The van der Waals surface area contributed by atoms with Gasteiger partial charge in [-0.25, -0.2) is 9.82 Å². The number of carbonyl (C=O) groups excluding carboxylic acids is 2. The Bertz CT molecular complexity index is 1330. The van der Waals surface area contributed by atoms with Gasteiger partial charge in [0.25, 0.3) is 11.8 Å². The Morgan fingerprint density at radius 1 is 1.02 bits per heavy atom. The summed E-state index contributed by atoms with van der Waals surface area (Å²) in [6.07, 6.45) is 3.97. The molecule has 1 fully saturated rings. The zero-order valence-corrected chi connectivity index (χ0v) is 22.9. The van der Waals surface area contributed by atoms with Gasteiger partial charge in [-0.2, -0.15) is 16.9 Å². The van der Waals surface area contributed by atoms with Crippen molar-refractivity contribution in [1.29, 1.82) is 0 Å². The Hall–Kier alpha value is -3.73. The molecule has 1 heterocycles. The first-order chi connectivity index (χ1) is 19.4. The minimum Gasteiger partial charge on any atom is -0.394 e. The van der Waals surface area contributed by atoms with Gasteiger partial charge in [0.15, 0.2) is 0 Å². The highest BCUT2D eigenvalue weighted by Crippen LogP contribution is 2.27. The van der Waals surface area contributed by atoms with Crippen molar-refractivity contribution in [2.45, 2.75) is 31.1 Å².